The molecule has 0 aliphatic carbocycles. The number of nitrogens with zero attached hydrogens (tertiary/aromatic N) is 2. The molecular formula is C21H21N3O3. The van der Waals surface area contributed by atoms with E-state index < -0.39 is 0 Å². The van der Waals surface area contributed by atoms with E-state index in [0.29, 0.717) is 17.1 Å². The third kappa shape index (κ3) is 4.41. The topological polar surface area (TPSA) is 73.2 Å². The van der Waals surface area contributed by atoms with E-state index in [2.05, 4.69) is 10.4 Å². The van der Waals surface area contributed by atoms with E-state index in [4.69, 9.17) is 4.74 Å². The first kappa shape index (κ1) is 18.4. The molecule has 0 unspecified atom stereocenters. The second-order valence-corrected chi connectivity index (χ2v) is 6.29. The predicted octanol–water partition coefficient (Wildman–Crippen LogP) is 3.17. The summed E-state index contributed by atoms with van der Waals surface area (Å²) in [4.78, 5) is 24.4. The number of hydrogen-bond donors (Lipinski definition) is 1. The van der Waals surface area contributed by atoms with Crippen molar-refractivity contribution in [1.29, 1.82) is 0 Å². The van der Waals surface area contributed by atoms with Gasteiger partial charge in [-0.25, -0.2) is 4.68 Å². The average molecular weight is 363 g/mol. The third-order valence-electron chi connectivity index (χ3n) is 4.34. The molecule has 0 aliphatic heterocycles. The number of hydrogen-bond acceptors (Lipinski definition) is 4. The Balaban J connectivity index is 1.78. The molecule has 1 heterocycles. The summed E-state index contributed by atoms with van der Waals surface area (Å²) in [5.41, 5.74) is 4.18. The van der Waals surface area contributed by atoms with Gasteiger partial charge >= 0.3 is 0 Å². The molecule has 27 heavy (non-hydrogen) atoms. The number of anilines is 1. The fraction of sp³-hybridized carbons (Fsp3) is 0.190. The van der Waals surface area contributed by atoms with Crippen LogP contribution in [0.1, 0.15) is 11.1 Å². The molecule has 0 bridgehead atoms. The molecule has 0 saturated heterocycles. The molecule has 3 rings (SSSR count). The van der Waals surface area contributed by atoms with Crippen molar-refractivity contribution in [3.05, 3.63) is 76.1 Å². The van der Waals surface area contributed by atoms with Gasteiger partial charge in [0.05, 0.1) is 12.8 Å². The summed E-state index contributed by atoms with van der Waals surface area (Å²) in [5.74, 6) is 0.374. The number of amides is 1. The summed E-state index contributed by atoms with van der Waals surface area (Å²) >= 11 is 0. The monoisotopic (exact) mass is 363 g/mol. The first-order chi connectivity index (χ1) is 13.0. The number of carbonyl (C=O) groups is 1. The van der Waals surface area contributed by atoms with E-state index in [1.54, 1.807) is 37.4 Å². The van der Waals surface area contributed by atoms with Gasteiger partial charge in [0.25, 0.3) is 5.56 Å². The Labute approximate surface area is 157 Å². The minimum absolute atomic E-state index is 0.163. The summed E-state index contributed by atoms with van der Waals surface area (Å²) in [5, 5.41) is 7.10. The highest BCUT2D eigenvalue weighted by Crippen LogP contribution is 2.19. The lowest BCUT2D eigenvalue weighted by molar-refractivity contribution is -0.117. The van der Waals surface area contributed by atoms with Crippen molar-refractivity contribution in [2.45, 2.75) is 20.4 Å². The molecule has 1 amide bonds. The van der Waals surface area contributed by atoms with E-state index in [0.717, 1.165) is 11.1 Å². The lowest BCUT2D eigenvalue weighted by Crippen LogP contribution is -2.29. The number of methoxy groups -OCH3 is 1. The molecule has 6 heteroatoms. The third-order valence-corrected chi connectivity index (χ3v) is 4.34. The van der Waals surface area contributed by atoms with Crippen molar-refractivity contribution in [2.75, 3.05) is 12.4 Å². The van der Waals surface area contributed by atoms with Crippen molar-refractivity contribution in [3.63, 3.8) is 0 Å². The molecule has 1 N–H and O–H groups in total. The van der Waals surface area contributed by atoms with Gasteiger partial charge in [-0.2, -0.15) is 5.10 Å². The summed E-state index contributed by atoms with van der Waals surface area (Å²) in [6.07, 6.45) is 0. The molecule has 0 aliphatic rings. The highest BCUT2D eigenvalue weighted by molar-refractivity contribution is 5.90. The second kappa shape index (κ2) is 7.86. The number of rotatable bonds is 5. The smallest absolute Gasteiger partial charge is 0.267 e. The Morgan fingerprint density at radius 3 is 2.44 bits per heavy atom. The predicted molar refractivity (Wildman–Crippen MR) is 105 cm³/mol. The van der Waals surface area contributed by atoms with E-state index in [-0.39, 0.29) is 18.0 Å². The number of carbonyl (C=O) groups excluding carboxylic acids is 1. The maximum atomic E-state index is 12.3. The number of benzene rings is 2. The van der Waals surface area contributed by atoms with Gasteiger partial charge in [-0.15, -0.1) is 0 Å². The van der Waals surface area contributed by atoms with Crippen molar-refractivity contribution in [1.82, 2.24) is 9.78 Å². The quantitative estimate of drug-likeness (QED) is 0.756. The van der Waals surface area contributed by atoms with Gasteiger partial charge < -0.3 is 10.1 Å². The normalized spacial score (nSPS) is 10.5. The van der Waals surface area contributed by atoms with E-state index in [1.165, 1.54) is 16.3 Å². The van der Waals surface area contributed by atoms with Gasteiger partial charge in [0.2, 0.25) is 5.91 Å². The minimum atomic E-state index is -0.327. The van der Waals surface area contributed by atoms with Gasteiger partial charge in [0.15, 0.2) is 0 Å². The molecule has 3 aromatic rings. The molecule has 2 aromatic carbocycles. The second-order valence-electron chi connectivity index (χ2n) is 6.29. The van der Waals surface area contributed by atoms with E-state index in [1.807, 2.05) is 32.0 Å². The average Bonchev–Trinajstić information content (AvgIpc) is 2.66. The summed E-state index contributed by atoms with van der Waals surface area (Å²) in [6, 6.07) is 16.1. The van der Waals surface area contributed by atoms with Gasteiger partial charge in [-0.1, -0.05) is 12.1 Å². The van der Waals surface area contributed by atoms with Crippen LogP contribution >= 0.6 is 0 Å². The lowest BCUT2D eigenvalue weighted by atomic mass is 10.0. The van der Waals surface area contributed by atoms with Crippen LogP contribution in [0.25, 0.3) is 11.3 Å². The molecular weight excluding hydrogens is 342 g/mol. The number of aromatic nitrogens is 2. The SMILES string of the molecule is COc1ccc(NC(=O)Cn2nc(-c3ccc(C)c(C)c3)ccc2=O)cc1. The van der Waals surface area contributed by atoms with Crippen molar-refractivity contribution >= 4 is 11.6 Å². The van der Waals surface area contributed by atoms with Crippen molar-refractivity contribution in [3.8, 4) is 17.0 Å². The van der Waals surface area contributed by atoms with Crippen LogP contribution in [-0.2, 0) is 11.3 Å². The van der Waals surface area contributed by atoms with Gasteiger partial charge in [-0.3, -0.25) is 9.59 Å². The van der Waals surface area contributed by atoms with Crippen LogP contribution in [0.4, 0.5) is 5.69 Å². The first-order valence-corrected chi connectivity index (χ1v) is 8.56. The highest BCUT2D eigenvalue weighted by Gasteiger charge is 2.09. The first-order valence-electron chi connectivity index (χ1n) is 8.56. The van der Waals surface area contributed by atoms with E-state index >= 15 is 0 Å². The fourth-order valence-corrected chi connectivity index (χ4v) is 2.63. The van der Waals surface area contributed by atoms with Gasteiger partial charge in [0, 0.05) is 17.3 Å². The van der Waals surface area contributed by atoms with Crippen LogP contribution in [0.5, 0.6) is 5.75 Å². The molecule has 138 valence electrons. The molecule has 0 atom stereocenters. The van der Waals surface area contributed by atoms with Crippen LogP contribution in [0, 0.1) is 13.8 Å². The van der Waals surface area contributed by atoms with Crippen LogP contribution in [-0.4, -0.2) is 22.8 Å². The number of aryl methyl sites for hydroxylation is 2. The Morgan fingerprint density at radius 2 is 1.78 bits per heavy atom. The maximum absolute atomic E-state index is 12.3. The van der Waals surface area contributed by atoms with Crippen LogP contribution < -0.4 is 15.6 Å². The summed E-state index contributed by atoms with van der Waals surface area (Å²) < 4.78 is 6.26. The Kier molecular flexibility index (Phi) is 5.35. The minimum Gasteiger partial charge on any atom is -0.497 e. The van der Waals surface area contributed by atoms with E-state index in [9.17, 15) is 9.59 Å². The molecule has 6 nitrogen and oxygen atoms in total. The van der Waals surface area contributed by atoms with Crippen LogP contribution in [0.15, 0.2) is 59.4 Å². The zero-order valence-electron chi connectivity index (χ0n) is 15.5. The van der Waals surface area contributed by atoms with Crippen LogP contribution in [0.2, 0.25) is 0 Å². The van der Waals surface area contributed by atoms with Crippen LogP contribution in [0.3, 0.4) is 0 Å². The van der Waals surface area contributed by atoms with Gasteiger partial charge in [-0.05, 0) is 61.4 Å². The molecule has 0 radical (unpaired) electrons. The van der Waals surface area contributed by atoms with Gasteiger partial charge in [0.1, 0.15) is 12.3 Å². The Hall–Kier alpha value is -3.41. The van der Waals surface area contributed by atoms with Crippen molar-refractivity contribution < 1.29 is 9.53 Å². The Morgan fingerprint density at radius 1 is 1.04 bits per heavy atom. The highest BCUT2D eigenvalue weighted by atomic mass is 16.5. The zero-order valence-corrected chi connectivity index (χ0v) is 15.5. The fourth-order valence-electron chi connectivity index (χ4n) is 2.63. The zero-order chi connectivity index (χ0) is 19.4. The van der Waals surface area contributed by atoms with Crippen molar-refractivity contribution in [2.24, 2.45) is 0 Å². The molecule has 0 spiro atoms. The summed E-state index contributed by atoms with van der Waals surface area (Å²) in [6.45, 7) is 3.90. The largest absolute Gasteiger partial charge is 0.497 e. The Bertz CT molecular complexity index is 1020. The maximum Gasteiger partial charge on any atom is 0.267 e. The number of ether oxygens (including phenoxy) is 1. The lowest BCUT2D eigenvalue weighted by Gasteiger charge is -2.09. The molecule has 1 aromatic heterocycles. The molecule has 0 saturated carbocycles. The molecule has 0 fully saturated rings. The standard InChI is InChI=1S/C21H21N3O3/c1-14-4-5-16(12-15(14)2)19-10-11-21(26)24(23-19)13-20(25)22-17-6-8-18(27-3)9-7-17/h4-12H,13H2,1-3H3,(H,22,25). The summed E-state index contributed by atoms with van der Waals surface area (Å²) in [7, 11) is 1.58. The number of nitrogens with one attached hydrogen (secondary N) is 1.